The maximum atomic E-state index is 13.0. The molecule has 2 fully saturated rings. The molecule has 0 spiro atoms. The van der Waals surface area contributed by atoms with Crippen LogP contribution in [-0.4, -0.2) is 65.7 Å². The molecule has 1 amide bonds. The number of hydrogen-bond acceptors (Lipinski definition) is 4. The number of ether oxygens (including phenoxy) is 1. The molecule has 2 atom stereocenters. The van der Waals surface area contributed by atoms with E-state index in [0.717, 1.165) is 55.8 Å². The van der Waals surface area contributed by atoms with Gasteiger partial charge in [0, 0.05) is 31.2 Å². The van der Waals surface area contributed by atoms with Crippen molar-refractivity contribution in [2.24, 2.45) is 0 Å². The molecule has 2 aromatic carbocycles. The number of fused-ring (bicyclic) bond motifs is 1. The molecule has 0 bridgehead atoms. The van der Waals surface area contributed by atoms with Crippen molar-refractivity contribution in [1.82, 2.24) is 9.80 Å². The standard InChI is InChI=1S/C23H28N2O3/c1-2-3-20-15-28-16-21-14-24(12-13-25(20)21)23(27)19-6-4-17(5-7-19)18-8-10-22(26)11-9-18/h4-11,20-21,26H,2-3,12-16H2,1H3/t20-,21+/m0/s1. The molecule has 0 radical (unpaired) electrons. The van der Waals surface area contributed by atoms with Gasteiger partial charge in [0.25, 0.3) is 5.91 Å². The fourth-order valence-electron chi connectivity index (χ4n) is 4.34. The molecule has 4 rings (SSSR count). The van der Waals surface area contributed by atoms with Gasteiger partial charge in [-0.15, -0.1) is 0 Å². The van der Waals surface area contributed by atoms with E-state index >= 15 is 0 Å². The number of phenols is 1. The number of piperazine rings is 1. The summed E-state index contributed by atoms with van der Waals surface area (Å²) in [4.78, 5) is 17.5. The second-order valence-electron chi connectivity index (χ2n) is 7.75. The maximum absolute atomic E-state index is 13.0. The van der Waals surface area contributed by atoms with Crippen molar-refractivity contribution < 1.29 is 14.6 Å². The van der Waals surface area contributed by atoms with Crippen molar-refractivity contribution in [3.05, 3.63) is 54.1 Å². The number of amides is 1. The van der Waals surface area contributed by atoms with Crippen LogP contribution in [0, 0.1) is 0 Å². The molecular weight excluding hydrogens is 352 g/mol. The Labute approximate surface area is 166 Å². The fourth-order valence-corrected chi connectivity index (χ4v) is 4.34. The van der Waals surface area contributed by atoms with Gasteiger partial charge in [0.05, 0.1) is 19.3 Å². The van der Waals surface area contributed by atoms with E-state index in [1.165, 1.54) is 0 Å². The normalized spacial score (nSPS) is 22.7. The van der Waals surface area contributed by atoms with Gasteiger partial charge in [0.15, 0.2) is 0 Å². The molecule has 5 nitrogen and oxygen atoms in total. The van der Waals surface area contributed by atoms with Crippen LogP contribution in [0.3, 0.4) is 0 Å². The highest BCUT2D eigenvalue weighted by Crippen LogP contribution is 2.25. The van der Waals surface area contributed by atoms with Crippen LogP contribution in [0.2, 0.25) is 0 Å². The van der Waals surface area contributed by atoms with Crippen LogP contribution in [-0.2, 0) is 4.74 Å². The number of nitrogens with zero attached hydrogens (tertiary/aromatic N) is 2. The van der Waals surface area contributed by atoms with E-state index in [4.69, 9.17) is 4.74 Å². The Morgan fingerprint density at radius 2 is 1.71 bits per heavy atom. The van der Waals surface area contributed by atoms with Crippen molar-refractivity contribution in [3.8, 4) is 16.9 Å². The van der Waals surface area contributed by atoms with Crippen LogP contribution in [0.5, 0.6) is 5.75 Å². The number of phenolic OH excluding ortho intramolecular Hbond substituents is 1. The third-order valence-corrected chi connectivity index (χ3v) is 5.86. The van der Waals surface area contributed by atoms with Gasteiger partial charge in [0.2, 0.25) is 0 Å². The molecule has 0 saturated carbocycles. The van der Waals surface area contributed by atoms with Crippen molar-refractivity contribution in [3.63, 3.8) is 0 Å². The Morgan fingerprint density at radius 3 is 2.39 bits per heavy atom. The SMILES string of the molecule is CCC[C@H]1COC[C@H]2CN(C(=O)c3ccc(-c4ccc(O)cc4)cc3)CCN12. The lowest BCUT2D eigenvalue weighted by Crippen LogP contribution is -2.62. The molecule has 2 saturated heterocycles. The zero-order valence-corrected chi connectivity index (χ0v) is 16.4. The number of morpholine rings is 1. The Balaban J connectivity index is 1.43. The summed E-state index contributed by atoms with van der Waals surface area (Å²) in [5, 5.41) is 9.43. The predicted octanol–water partition coefficient (Wildman–Crippen LogP) is 3.38. The van der Waals surface area contributed by atoms with Crippen LogP contribution in [0.15, 0.2) is 48.5 Å². The molecule has 2 heterocycles. The molecule has 5 heteroatoms. The second-order valence-corrected chi connectivity index (χ2v) is 7.75. The summed E-state index contributed by atoms with van der Waals surface area (Å²) < 4.78 is 5.81. The first-order chi connectivity index (χ1) is 13.7. The molecule has 2 aliphatic rings. The van der Waals surface area contributed by atoms with Crippen LogP contribution in [0.4, 0.5) is 0 Å². The Hall–Kier alpha value is -2.37. The second kappa shape index (κ2) is 8.33. The quantitative estimate of drug-likeness (QED) is 0.883. The zero-order valence-electron chi connectivity index (χ0n) is 16.4. The predicted molar refractivity (Wildman–Crippen MR) is 109 cm³/mol. The molecule has 2 aromatic rings. The summed E-state index contributed by atoms with van der Waals surface area (Å²) in [5.41, 5.74) is 2.77. The molecule has 148 valence electrons. The van der Waals surface area contributed by atoms with Crippen molar-refractivity contribution >= 4 is 5.91 Å². The maximum Gasteiger partial charge on any atom is 0.253 e. The number of hydrogen-bond donors (Lipinski definition) is 1. The van der Waals surface area contributed by atoms with Crippen LogP contribution >= 0.6 is 0 Å². The highest BCUT2D eigenvalue weighted by atomic mass is 16.5. The van der Waals surface area contributed by atoms with Gasteiger partial charge in [-0.1, -0.05) is 37.6 Å². The van der Waals surface area contributed by atoms with Gasteiger partial charge >= 0.3 is 0 Å². The van der Waals surface area contributed by atoms with Crippen molar-refractivity contribution in [2.75, 3.05) is 32.8 Å². The van der Waals surface area contributed by atoms with Crippen LogP contribution in [0.1, 0.15) is 30.1 Å². The van der Waals surface area contributed by atoms with Crippen molar-refractivity contribution in [2.45, 2.75) is 31.8 Å². The highest BCUT2D eigenvalue weighted by molar-refractivity contribution is 5.94. The minimum Gasteiger partial charge on any atom is -0.508 e. The molecule has 0 aromatic heterocycles. The van der Waals surface area contributed by atoms with Gasteiger partial charge in [0.1, 0.15) is 5.75 Å². The van der Waals surface area contributed by atoms with Gasteiger partial charge < -0.3 is 14.7 Å². The van der Waals surface area contributed by atoms with E-state index < -0.39 is 0 Å². The average molecular weight is 380 g/mol. The third kappa shape index (κ3) is 3.91. The lowest BCUT2D eigenvalue weighted by Gasteiger charge is -2.48. The van der Waals surface area contributed by atoms with E-state index in [0.29, 0.717) is 18.7 Å². The fraction of sp³-hybridized carbons (Fsp3) is 0.435. The average Bonchev–Trinajstić information content (AvgIpc) is 2.74. The Morgan fingerprint density at radius 1 is 1.04 bits per heavy atom. The van der Waals surface area contributed by atoms with Gasteiger partial charge in [-0.25, -0.2) is 0 Å². The molecule has 0 unspecified atom stereocenters. The summed E-state index contributed by atoms with van der Waals surface area (Å²) in [7, 11) is 0. The third-order valence-electron chi connectivity index (χ3n) is 5.86. The summed E-state index contributed by atoms with van der Waals surface area (Å²) in [6.45, 7) is 6.18. The number of rotatable bonds is 4. The number of carbonyl (C=O) groups excluding carboxylic acids is 1. The first-order valence-electron chi connectivity index (χ1n) is 10.2. The van der Waals surface area contributed by atoms with Crippen LogP contribution in [0.25, 0.3) is 11.1 Å². The molecule has 0 aliphatic carbocycles. The molecule has 28 heavy (non-hydrogen) atoms. The van der Waals surface area contributed by atoms with E-state index in [9.17, 15) is 9.90 Å². The van der Waals surface area contributed by atoms with E-state index in [1.807, 2.05) is 41.3 Å². The lowest BCUT2D eigenvalue weighted by atomic mass is 10.0. The van der Waals surface area contributed by atoms with Gasteiger partial charge in [-0.2, -0.15) is 0 Å². The minimum absolute atomic E-state index is 0.0921. The smallest absolute Gasteiger partial charge is 0.253 e. The van der Waals surface area contributed by atoms with E-state index in [1.54, 1.807) is 12.1 Å². The van der Waals surface area contributed by atoms with Gasteiger partial charge in [-0.05, 0) is 41.8 Å². The van der Waals surface area contributed by atoms with Crippen LogP contribution < -0.4 is 0 Å². The van der Waals surface area contributed by atoms with Crippen molar-refractivity contribution in [1.29, 1.82) is 0 Å². The van der Waals surface area contributed by atoms with Gasteiger partial charge in [-0.3, -0.25) is 9.69 Å². The zero-order chi connectivity index (χ0) is 19.5. The number of benzene rings is 2. The largest absolute Gasteiger partial charge is 0.508 e. The van der Waals surface area contributed by atoms with E-state index in [2.05, 4.69) is 11.8 Å². The summed E-state index contributed by atoms with van der Waals surface area (Å²) in [6, 6.07) is 15.6. The highest BCUT2D eigenvalue weighted by Gasteiger charge is 2.36. The summed E-state index contributed by atoms with van der Waals surface area (Å²) >= 11 is 0. The summed E-state index contributed by atoms with van der Waals surface area (Å²) in [6.07, 6.45) is 2.32. The molecule has 1 N–H and O–H groups in total. The number of aromatic hydroxyl groups is 1. The lowest BCUT2D eigenvalue weighted by molar-refractivity contribution is -0.0776. The minimum atomic E-state index is 0.0921. The Kier molecular flexibility index (Phi) is 5.64. The topological polar surface area (TPSA) is 53.0 Å². The first kappa shape index (κ1) is 19.0. The molecular formula is C23H28N2O3. The monoisotopic (exact) mass is 380 g/mol. The number of carbonyl (C=O) groups is 1. The molecule has 2 aliphatic heterocycles. The van der Waals surface area contributed by atoms with E-state index in [-0.39, 0.29) is 11.7 Å². The Bertz CT molecular complexity index is 802. The summed E-state index contributed by atoms with van der Waals surface area (Å²) in [5.74, 6) is 0.345. The first-order valence-corrected chi connectivity index (χ1v) is 10.2.